The molecule has 28 heavy (non-hydrogen) atoms. The topological polar surface area (TPSA) is 76.7 Å². The van der Waals surface area contributed by atoms with Crippen molar-refractivity contribution in [1.82, 2.24) is 19.7 Å². The van der Waals surface area contributed by atoms with Gasteiger partial charge < -0.3 is 19.7 Å². The van der Waals surface area contributed by atoms with Crippen LogP contribution in [0, 0.1) is 5.92 Å². The van der Waals surface area contributed by atoms with Crippen LogP contribution in [0.3, 0.4) is 0 Å². The maximum absolute atomic E-state index is 12.8. The predicted octanol–water partition coefficient (Wildman–Crippen LogP) is 1.25. The molecule has 7 heteroatoms. The van der Waals surface area contributed by atoms with E-state index in [0.717, 1.165) is 16.5 Å². The van der Waals surface area contributed by atoms with Crippen LogP contribution in [-0.2, 0) is 20.8 Å². The molecule has 2 atom stereocenters. The van der Waals surface area contributed by atoms with Gasteiger partial charge in [0, 0.05) is 50.7 Å². The van der Waals surface area contributed by atoms with Gasteiger partial charge in [-0.05, 0) is 24.5 Å². The molecule has 2 fully saturated rings. The molecule has 2 aliphatic heterocycles. The molecule has 4 rings (SSSR count). The zero-order chi connectivity index (χ0) is 19.8. The van der Waals surface area contributed by atoms with Crippen LogP contribution in [0.1, 0.15) is 18.4 Å². The van der Waals surface area contributed by atoms with Crippen LogP contribution < -0.4 is 0 Å². The highest BCUT2D eigenvalue weighted by atomic mass is 16.2. The summed E-state index contributed by atoms with van der Waals surface area (Å²) >= 11 is 0. The van der Waals surface area contributed by atoms with Crippen molar-refractivity contribution >= 4 is 28.6 Å². The van der Waals surface area contributed by atoms with E-state index in [4.69, 9.17) is 0 Å². The van der Waals surface area contributed by atoms with Gasteiger partial charge in [-0.15, -0.1) is 0 Å². The monoisotopic (exact) mass is 382 g/mol. The lowest BCUT2D eigenvalue weighted by Crippen LogP contribution is -2.55. The fourth-order valence-corrected chi connectivity index (χ4v) is 4.44. The number of fused-ring (bicyclic) bond motifs is 2. The van der Waals surface area contributed by atoms with Crippen LogP contribution in [0.15, 0.2) is 30.5 Å². The summed E-state index contributed by atoms with van der Waals surface area (Å²) in [6, 6.07) is 7.83. The Morgan fingerprint density at radius 1 is 1.21 bits per heavy atom. The number of hydrogen-bond acceptors (Lipinski definition) is 3. The van der Waals surface area contributed by atoms with E-state index in [0.29, 0.717) is 32.4 Å². The minimum absolute atomic E-state index is 0.00796. The van der Waals surface area contributed by atoms with E-state index < -0.39 is 0 Å². The zero-order valence-corrected chi connectivity index (χ0v) is 16.4. The van der Waals surface area contributed by atoms with Crippen molar-refractivity contribution in [1.29, 1.82) is 0 Å². The Morgan fingerprint density at radius 2 is 2.00 bits per heavy atom. The number of nitrogens with zero attached hydrogens (tertiary/aromatic N) is 3. The number of rotatable bonds is 3. The number of hydrogen-bond donors (Lipinski definition) is 1. The summed E-state index contributed by atoms with van der Waals surface area (Å²) in [5.41, 5.74) is 2.21. The van der Waals surface area contributed by atoms with Crippen molar-refractivity contribution in [3.05, 3.63) is 36.0 Å². The van der Waals surface area contributed by atoms with Gasteiger partial charge in [0.25, 0.3) is 0 Å². The number of carbonyl (C=O) groups excluding carboxylic acids is 3. The second-order valence-corrected chi connectivity index (χ2v) is 7.86. The summed E-state index contributed by atoms with van der Waals surface area (Å²) in [5.74, 6) is -0.209. The summed E-state index contributed by atoms with van der Waals surface area (Å²) in [6.07, 6.45) is 3.66. The highest BCUT2D eigenvalue weighted by Crippen LogP contribution is 2.27. The Balaban J connectivity index is 1.43. The van der Waals surface area contributed by atoms with E-state index in [1.807, 2.05) is 29.3 Å². The van der Waals surface area contributed by atoms with Crippen LogP contribution in [0.4, 0.5) is 0 Å². The fraction of sp³-hybridized carbons (Fsp3) is 0.476. The Labute approximate surface area is 164 Å². The first kappa shape index (κ1) is 18.5. The first-order chi connectivity index (χ1) is 13.5. The number of nitrogens with one attached hydrogen (secondary N) is 1. The predicted molar refractivity (Wildman–Crippen MR) is 106 cm³/mol. The Hall–Kier alpha value is -2.83. The summed E-state index contributed by atoms with van der Waals surface area (Å²) in [7, 11) is 3.42. The molecule has 0 saturated carbocycles. The highest BCUT2D eigenvalue weighted by molar-refractivity contribution is 5.89. The quantitative estimate of drug-likeness (QED) is 0.868. The molecule has 2 aliphatic rings. The minimum atomic E-state index is -0.240. The van der Waals surface area contributed by atoms with E-state index in [1.165, 1.54) is 4.90 Å². The van der Waals surface area contributed by atoms with Gasteiger partial charge in [-0.1, -0.05) is 18.2 Å². The summed E-state index contributed by atoms with van der Waals surface area (Å²) in [4.78, 5) is 46.0. The molecule has 0 aliphatic carbocycles. The van der Waals surface area contributed by atoms with Crippen LogP contribution in [0.2, 0.25) is 0 Å². The fourth-order valence-electron chi connectivity index (χ4n) is 4.44. The molecular weight excluding hydrogens is 356 g/mol. The van der Waals surface area contributed by atoms with Gasteiger partial charge in [-0.25, -0.2) is 0 Å². The van der Waals surface area contributed by atoms with Gasteiger partial charge >= 0.3 is 0 Å². The number of carbonyl (C=O) groups is 3. The molecule has 0 bridgehead atoms. The Bertz CT molecular complexity index is 921. The lowest BCUT2D eigenvalue weighted by Gasteiger charge is -2.40. The number of piperidine rings is 1. The van der Waals surface area contributed by atoms with Crippen molar-refractivity contribution < 1.29 is 14.4 Å². The number of likely N-dealkylation sites (tertiary alicyclic amines) is 1. The summed E-state index contributed by atoms with van der Waals surface area (Å²) < 4.78 is 0. The van der Waals surface area contributed by atoms with E-state index in [-0.39, 0.29) is 36.2 Å². The van der Waals surface area contributed by atoms with Gasteiger partial charge in [0.1, 0.15) is 0 Å². The molecule has 1 aromatic carbocycles. The van der Waals surface area contributed by atoms with Gasteiger partial charge in [-0.3, -0.25) is 14.4 Å². The molecule has 1 aromatic heterocycles. The van der Waals surface area contributed by atoms with Crippen LogP contribution >= 0.6 is 0 Å². The second kappa shape index (κ2) is 7.30. The first-order valence-electron chi connectivity index (χ1n) is 9.79. The maximum Gasteiger partial charge on any atom is 0.242 e. The van der Waals surface area contributed by atoms with Crippen LogP contribution in [-0.4, -0.2) is 77.2 Å². The number of aromatic amines is 1. The van der Waals surface area contributed by atoms with Gasteiger partial charge in [0.05, 0.1) is 18.5 Å². The first-order valence-corrected chi connectivity index (χ1v) is 9.79. The number of H-pyrrole nitrogens is 1. The highest BCUT2D eigenvalue weighted by Gasteiger charge is 2.43. The normalized spacial score (nSPS) is 23.1. The third-order valence-corrected chi connectivity index (χ3v) is 6.17. The van der Waals surface area contributed by atoms with Crippen molar-refractivity contribution in [2.24, 2.45) is 5.92 Å². The SMILES string of the molecule is CN1CC(=O)N(C)C2CN(C(=O)CCc3c[nH]c4ccccc34)CCC2C1=O. The number of aromatic nitrogens is 1. The molecule has 2 unspecified atom stereocenters. The molecule has 2 saturated heterocycles. The third-order valence-electron chi connectivity index (χ3n) is 6.17. The number of likely N-dealkylation sites (N-methyl/N-ethyl adjacent to an activating group) is 2. The molecule has 3 heterocycles. The standard InChI is InChI=1S/C21H26N4O3/c1-23-13-20(27)24(2)18-12-25(10-9-16(18)21(23)28)19(26)8-7-14-11-22-17-6-4-3-5-15(14)17/h3-6,11,16,18,22H,7-10,12-13H2,1-2H3. The average Bonchev–Trinajstić information content (AvgIpc) is 3.10. The smallest absolute Gasteiger partial charge is 0.242 e. The van der Waals surface area contributed by atoms with E-state index >= 15 is 0 Å². The molecule has 7 nitrogen and oxygen atoms in total. The molecule has 148 valence electrons. The van der Waals surface area contributed by atoms with E-state index in [9.17, 15) is 14.4 Å². The van der Waals surface area contributed by atoms with Crippen LogP contribution in [0.25, 0.3) is 10.9 Å². The third kappa shape index (κ3) is 3.25. The Kier molecular flexibility index (Phi) is 4.83. The van der Waals surface area contributed by atoms with Crippen molar-refractivity contribution in [2.45, 2.75) is 25.3 Å². The maximum atomic E-state index is 12.8. The van der Waals surface area contributed by atoms with Gasteiger partial charge in [0.15, 0.2) is 0 Å². The average molecular weight is 382 g/mol. The minimum Gasteiger partial charge on any atom is -0.361 e. The number of para-hydroxylation sites is 1. The van der Waals surface area contributed by atoms with Crippen molar-refractivity contribution in [3.8, 4) is 0 Å². The molecule has 1 N–H and O–H groups in total. The van der Waals surface area contributed by atoms with Gasteiger partial charge in [-0.2, -0.15) is 0 Å². The zero-order valence-electron chi connectivity index (χ0n) is 16.4. The van der Waals surface area contributed by atoms with E-state index in [2.05, 4.69) is 11.1 Å². The van der Waals surface area contributed by atoms with Gasteiger partial charge in [0.2, 0.25) is 17.7 Å². The number of benzene rings is 1. The molecule has 0 radical (unpaired) electrons. The second-order valence-electron chi connectivity index (χ2n) is 7.86. The van der Waals surface area contributed by atoms with Crippen molar-refractivity contribution in [2.75, 3.05) is 33.7 Å². The Morgan fingerprint density at radius 3 is 2.82 bits per heavy atom. The van der Waals surface area contributed by atoms with Crippen LogP contribution in [0.5, 0.6) is 0 Å². The summed E-state index contributed by atoms with van der Waals surface area (Å²) in [5, 5.41) is 1.15. The lowest BCUT2D eigenvalue weighted by atomic mass is 9.89. The molecule has 2 aromatic rings. The molecular formula is C21H26N4O3. The lowest BCUT2D eigenvalue weighted by molar-refractivity contribution is -0.141. The van der Waals surface area contributed by atoms with E-state index in [1.54, 1.807) is 19.0 Å². The largest absolute Gasteiger partial charge is 0.361 e. The number of aryl methyl sites for hydroxylation is 1. The number of amides is 3. The molecule has 3 amide bonds. The summed E-state index contributed by atoms with van der Waals surface area (Å²) in [6.45, 7) is 1.10. The van der Waals surface area contributed by atoms with Crippen molar-refractivity contribution in [3.63, 3.8) is 0 Å². The molecule has 0 spiro atoms.